The van der Waals surface area contributed by atoms with Gasteiger partial charge in [-0.25, -0.2) is 4.79 Å². The highest BCUT2D eigenvalue weighted by atomic mass is 16.5. The molecule has 0 radical (unpaired) electrons. The Kier molecular flexibility index (Phi) is 5.81. The molecule has 6 nitrogen and oxygen atoms in total. The van der Waals surface area contributed by atoms with Crippen molar-refractivity contribution in [3.05, 3.63) is 29.8 Å². The number of methoxy groups -OCH3 is 1. The first-order valence-corrected chi connectivity index (χ1v) is 5.75. The number of para-hydroxylation sites is 1. The molecule has 0 spiro atoms. The minimum absolute atomic E-state index is 0.238. The van der Waals surface area contributed by atoms with E-state index in [0.29, 0.717) is 5.75 Å². The van der Waals surface area contributed by atoms with Gasteiger partial charge in [-0.05, 0) is 18.6 Å². The van der Waals surface area contributed by atoms with Gasteiger partial charge >= 0.3 is 5.97 Å². The zero-order chi connectivity index (χ0) is 14.3. The second kappa shape index (κ2) is 7.38. The zero-order valence-corrected chi connectivity index (χ0v) is 10.9. The second-order valence-corrected chi connectivity index (χ2v) is 3.88. The minimum Gasteiger partial charge on any atom is -0.484 e. The van der Waals surface area contributed by atoms with Crippen molar-refractivity contribution in [2.24, 2.45) is 0 Å². The third kappa shape index (κ3) is 4.59. The van der Waals surface area contributed by atoms with Crippen molar-refractivity contribution >= 4 is 11.9 Å². The SMILES string of the molecule is COC(=O)C(CO)NC(=O)COc1ccccc1C. The number of benzene rings is 1. The Morgan fingerprint density at radius 3 is 2.63 bits per heavy atom. The summed E-state index contributed by atoms with van der Waals surface area (Å²) in [6, 6.07) is 6.19. The number of esters is 1. The molecule has 1 aromatic rings. The van der Waals surface area contributed by atoms with Crippen LogP contribution in [-0.4, -0.2) is 43.3 Å². The molecule has 0 aromatic heterocycles. The topological polar surface area (TPSA) is 84.9 Å². The molecule has 0 aliphatic carbocycles. The summed E-state index contributed by atoms with van der Waals surface area (Å²) in [7, 11) is 1.18. The smallest absolute Gasteiger partial charge is 0.330 e. The fourth-order valence-corrected chi connectivity index (χ4v) is 1.42. The Balaban J connectivity index is 2.48. The predicted octanol–water partition coefficient (Wildman–Crippen LogP) is 0.0239. The number of ether oxygens (including phenoxy) is 2. The maximum atomic E-state index is 11.6. The van der Waals surface area contributed by atoms with Gasteiger partial charge in [0, 0.05) is 0 Å². The van der Waals surface area contributed by atoms with Gasteiger partial charge in [-0.3, -0.25) is 4.79 Å². The van der Waals surface area contributed by atoms with Crippen LogP contribution in [0, 0.1) is 6.92 Å². The highest BCUT2D eigenvalue weighted by Crippen LogP contribution is 2.15. The molecular weight excluding hydrogens is 250 g/mol. The monoisotopic (exact) mass is 267 g/mol. The largest absolute Gasteiger partial charge is 0.484 e. The van der Waals surface area contributed by atoms with E-state index in [1.54, 1.807) is 12.1 Å². The lowest BCUT2D eigenvalue weighted by molar-refractivity contribution is -0.146. The Morgan fingerprint density at radius 2 is 2.05 bits per heavy atom. The lowest BCUT2D eigenvalue weighted by atomic mass is 10.2. The number of hydrogen-bond acceptors (Lipinski definition) is 5. The summed E-state index contributed by atoms with van der Waals surface area (Å²) in [6.45, 7) is 1.10. The number of hydrogen-bond donors (Lipinski definition) is 2. The summed E-state index contributed by atoms with van der Waals surface area (Å²) in [5, 5.41) is 11.3. The predicted molar refractivity (Wildman–Crippen MR) is 67.7 cm³/mol. The molecule has 1 rings (SSSR count). The summed E-state index contributed by atoms with van der Waals surface area (Å²) in [5.74, 6) is -0.615. The van der Waals surface area contributed by atoms with Gasteiger partial charge in [0.2, 0.25) is 0 Å². The Morgan fingerprint density at radius 1 is 1.37 bits per heavy atom. The minimum atomic E-state index is -1.07. The lowest BCUT2D eigenvalue weighted by Crippen LogP contribution is -2.45. The molecule has 1 amide bonds. The molecule has 1 unspecified atom stereocenters. The van der Waals surface area contributed by atoms with E-state index in [9.17, 15) is 9.59 Å². The number of aryl methyl sites for hydroxylation is 1. The molecule has 0 aliphatic heterocycles. The number of aliphatic hydroxyl groups excluding tert-OH is 1. The highest BCUT2D eigenvalue weighted by molar-refractivity contribution is 5.85. The summed E-state index contributed by atoms with van der Waals surface area (Å²) >= 11 is 0. The molecular formula is C13H17NO5. The van der Waals surface area contributed by atoms with E-state index >= 15 is 0 Å². The molecule has 104 valence electrons. The van der Waals surface area contributed by atoms with Crippen LogP contribution in [0.25, 0.3) is 0 Å². The summed E-state index contributed by atoms with van der Waals surface area (Å²) < 4.78 is 9.74. The Labute approximate surface area is 111 Å². The quantitative estimate of drug-likeness (QED) is 0.710. The van der Waals surface area contributed by atoms with Crippen molar-refractivity contribution in [2.75, 3.05) is 20.3 Å². The summed E-state index contributed by atoms with van der Waals surface area (Å²) in [4.78, 5) is 22.7. The van der Waals surface area contributed by atoms with Gasteiger partial charge in [0.15, 0.2) is 12.6 Å². The van der Waals surface area contributed by atoms with Crippen molar-refractivity contribution in [2.45, 2.75) is 13.0 Å². The maximum Gasteiger partial charge on any atom is 0.330 e. The van der Waals surface area contributed by atoms with Crippen molar-refractivity contribution in [3.8, 4) is 5.75 Å². The number of nitrogens with one attached hydrogen (secondary N) is 1. The van der Waals surface area contributed by atoms with E-state index in [-0.39, 0.29) is 6.61 Å². The molecule has 1 atom stereocenters. The second-order valence-electron chi connectivity index (χ2n) is 3.88. The van der Waals surface area contributed by atoms with Crippen molar-refractivity contribution in [1.82, 2.24) is 5.32 Å². The standard InChI is InChI=1S/C13H17NO5/c1-9-5-3-4-6-11(9)19-8-12(16)14-10(7-15)13(17)18-2/h3-6,10,15H,7-8H2,1-2H3,(H,14,16). The summed E-state index contributed by atoms with van der Waals surface area (Å²) in [5.41, 5.74) is 0.905. The number of amides is 1. The molecule has 0 saturated carbocycles. The van der Waals surface area contributed by atoms with Gasteiger partial charge in [0.25, 0.3) is 5.91 Å². The number of rotatable bonds is 6. The number of carbonyl (C=O) groups excluding carboxylic acids is 2. The lowest BCUT2D eigenvalue weighted by Gasteiger charge is -2.14. The fraction of sp³-hybridized carbons (Fsp3) is 0.385. The molecule has 0 aliphatic rings. The van der Waals surface area contributed by atoms with Crippen LogP contribution < -0.4 is 10.1 Å². The van der Waals surface area contributed by atoms with E-state index in [2.05, 4.69) is 10.1 Å². The Bertz CT molecular complexity index is 446. The number of aliphatic hydroxyl groups is 1. The van der Waals surface area contributed by atoms with Crippen LogP contribution in [0.5, 0.6) is 5.75 Å². The average molecular weight is 267 g/mol. The fourth-order valence-electron chi connectivity index (χ4n) is 1.42. The molecule has 0 bridgehead atoms. The van der Waals surface area contributed by atoms with Gasteiger partial charge in [0.1, 0.15) is 5.75 Å². The van der Waals surface area contributed by atoms with Crippen molar-refractivity contribution in [1.29, 1.82) is 0 Å². The highest BCUT2D eigenvalue weighted by Gasteiger charge is 2.20. The van der Waals surface area contributed by atoms with Gasteiger partial charge in [0.05, 0.1) is 13.7 Å². The van der Waals surface area contributed by atoms with Crippen LogP contribution in [-0.2, 0) is 14.3 Å². The zero-order valence-electron chi connectivity index (χ0n) is 10.9. The van der Waals surface area contributed by atoms with E-state index < -0.39 is 24.5 Å². The third-order valence-electron chi connectivity index (χ3n) is 2.46. The van der Waals surface area contributed by atoms with E-state index in [1.807, 2.05) is 19.1 Å². The van der Waals surface area contributed by atoms with Crippen LogP contribution >= 0.6 is 0 Å². The molecule has 0 fully saturated rings. The van der Waals surface area contributed by atoms with Crippen molar-refractivity contribution in [3.63, 3.8) is 0 Å². The van der Waals surface area contributed by atoms with Gasteiger partial charge in [-0.15, -0.1) is 0 Å². The van der Waals surface area contributed by atoms with Crippen LogP contribution in [0.1, 0.15) is 5.56 Å². The molecule has 1 aromatic carbocycles. The third-order valence-corrected chi connectivity index (χ3v) is 2.46. The van der Waals surface area contributed by atoms with Crippen LogP contribution in [0.4, 0.5) is 0 Å². The first-order valence-electron chi connectivity index (χ1n) is 5.75. The van der Waals surface area contributed by atoms with Crippen LogP contribution in [0.3, 0.4) is 0 Å². The summed E-state index contributed by atoms with van der Waals surface area (Å²) in [6.07, 6.45) is 0. The number of carbonyl (C=O) groups is 2. The molecule has 19 heavy (non-hydrogen) atoms. The van der Waals surface area contributed by atoms with Gasteiger partial charge in [-0.2, -0.15) is 0 Å². The Hall–Kier alpha value is -2.08. The average Bonchev–Trinajstić information content (AvgIpc) is 2.43. The molecule has 0 saturated heterocycles. The normalized spacial score (nSPS) is 11.5. The van der Waals surface area contributed by atoms with E-state index in [0.717, 1.165) is 5.56 Å². The van der Waals surface area contributed by atoms with E-state index in [4.69, 9.17) is 9.84 Å². The molecule has 6 heteroatoms. The van der Waals surface area contributed by atoms with Crippen molar-refractivity contribution < 1.29 is 24.2 Å². The van der Waals surface area contributed by atoms with E-state index in [1.165, 1.54) is 7.11 Å². The van der Waals surface area contributed by atoms with Gasteiger partial charge < -0.3 is 19.9 Å². The molecule has 0 heterocycles. The van der Waals surface area contributed by atoms with Gasteiger partial charge in [-0.1, -0.05) is 18.2 Å². The molecule has 2 N–H and O–H groups in total. The van der Waals surface area contributed by atoms with Crippen LogP contribution in [0.2, 0.25) is 0 Å². The van der Waals surface area contributed by atoms with Crippen LogP contribution in [0.15, 0.2) is 24.3 Å². The first-order chi connectivity index (χ1) is 9.08. The first kappa shape index (κ1) is 15.0. The maximum absolute atomic E-state index is 11.6.